The number of halogens is 1. The van der Waals surface area contributed by atoms with Crippen LogP contribution in [0.25, 0.3) is 11.3 Å². The Morgan fingerprint density at radius 1 is 1.05 bits per heavy atom. The number of aromatic nitrogens is 2. The van der Waals surface area contributed by atoms with E-state index in [9.17, 15) is 0 Å². The molecule has 0 aliphatic carbocycles. The first kappa shape index (κ1) is 14.4. The van der Waals surface area contributed by atoms with Gasteiger partial charge in [-0.25, -0.2) is 4.98 Å². The molecule has 2 N–H and O–H groups in total. The molecule has 2 heterocycles. The predicted octanol–water partition coefficient (Wildman–Crippen LogP) is 3.96. The summed E-state index contributed by atoms with van der Waals surface area (Å²) in [5.74, 6) is 0.856. The first-order valence-electron chi connectivity index (χ1n) is 6.77. The molecule has 0 unspecified atom stereocenters. The van der Waals surface area contributed by atoms with Crippen molar-refractivity contribution in [1.29, 1.82) is 0 Å². The predicted molar refractivity (Wildman–Crippen MR) is 87.7 cm³/mol. The molecule has 2 aromatic heterocycles. The Morgan fingerprint density at radius 3 is 2.64 bits per heavy atom. The van der Waals surface area contributed by atoms with Crippen LogP contribution in [0.4, 0.5) is 5.82 Å². The highest BCUT2D eigenvalue weighted by Crippen LogP contribution is 2.27. The number of ether oxygens (including phenoxy) is 1. The SMILES string of the molecule is Nc1ncc(-c2ccccn2)cc1OCc1ccccc1Cl. The second-order valence-electron chi connectivity index (χ2n) is 4.70. The van der Waals surface area contributed by atoms with Crippen molar-refractivity contribution in [2.24, 2.45) is 0 Å². The summed E-state index contributed by atoms with van der Waals surface area (Å²) in [6.07, 6.45) is 3.41. The Bertz CT molecular complexity index is 778. The summed E-state index contributed by atoms with van der Waals surface area (Å²) in [6, 6.07) is 15.1. The molecule has 0 spiro atoms. The third-order valence-electron chi connectivity index (χ3n) is 3.18. The van der Waals surface area contributed by atoms with Crippen LogP contribution >= 0.6 is 11.6 Å². The van der Waals surface area contributed by atoms with Crippen LogP contribution in [0.15, 0.2) is 60.9 Å². The van der Waals surface area contributed by atoms with Gasteiger partial charge in [0.25, 0.3) is 0 Å². The van der Waals surface area contributed by atoms with Crippen LogP contribution in [0.2, 0.25) is 5.02 Å². The molecule has 0 radical (unpaired) electrons. The fraction of sp³-hybridized carbons (Fsp3) is 0.0588. The first-order chi connectivity index (χ1) is 10.7. The van der Waals surface area contributed by atoms with Crippen molar-refractivity contribution in [2.75, 3.05) is 5.73 Å². The number of nitrogens with two attached hydrogens (primary N) is 1. The Kier molecular flexibility index (Phi) is 4.21. The van der Waals surface area contributed by atoms with Crippen LogP contribution in [-0.2, 0) is 6.61 Å². The van der Waals surface area contributed by atoms with E-state index in [1.54, 1.807) is 12.4 Å². The molecular weight excluding hydrogens is 298 g/mol. The van der Waals surface area contributed by atoms with Crippen LogP contribution in [0.1, 0.15) is 5.56 Å². The summed E-state index contributed by atoms with van der Waals surface area (Å²) >= 11 is 6.12. The van der Waals surface area contributed by atoms with Crippen LogP contribution in [0.5, 0.6) is 5.75 Å². The Labute approximate surface area is 133 Å². The molecule has 0 aliphatic heterocycles. The maximum absolute atomic E-state index is 6.12. The normalized spacial score (nSPS) is 10.4. The maximum atomic E-state index is 6.12. The molecule has 0 bridgehead atoms. The second-order valence-corrected chi connectivity index (χ2v) is 5.11. The van der Waals surface area contributed by atoms with Gasteiger partial charge in [0.05, 0.1) is 5.69 Å². The molecule has 0 atom stereocenters. The summed E-state index contributed by atoms with van der Waals surface area (Å²) in [5.41, 5.74) is 8.44. The fourth-order valence-electron chi connectivity index (χ4n) is 2.02. The molecule has 1 aromatic carbocycles. The van der Waals surface area contributed by atoms with Gasteiger partial charge >= 0.3 is 0 Å². The first-order valence-corrected chi connectivity index (χ1v) is 7.15. The third-order valence-corrected chi connectivity index (χ3v) is 3.55. The molecule has 22 heavy (non-hydrogen) atoms. The average molecular weight is 312 g/mol. The summed E-state index contributed by atoms with van der Waals surface area (Å²) in [6.45, 7) is 0.331. The van der Waals surface area contributed by atoms with E-state index in [2.05, 4.69) is 9.97 Å². The van der Waals surface area contributed by atoms with E-state index >= 15 is 0 Å². The lowest BCUT2D eigenvalue weighted by atomic mass is 10.2. The van der Waals surface area contributed by atoms with E-state index in [-0.39, 0.29) is 0 Å². The summed E-state index contributed by atoms with van der Waals surface area (Å²) in [4.78, 5) is 8.46. The van der Waals surface area contributed by atoms with E-state index in [1.165, 1.54) is 0 Å². The fourth-order valence-corrected chi connectivity index (χ4v) is 2.21. The molecule has 0 fully saturated rings. The van der Waals surface area contributed by atoms with E-state index in [1.807, 2.05) is 48.5 Å². The van der Waals surface area contributed by atoms with Crippen molar-refractivity contribution in [3.63, 3.8) is 0 Å². The molecule has 0 amide bonds. The molecule has 3 aromatic rings. The second kappa shape index (κ2) is 6.45. The topological polar surface area (TPSA) is 61.0 Å². The zero-order valence-electron chi connectivity index (χ0n) is 11.7. The molecule has 0 saturated carbocycles. The number of hydrogen-bond acceptors (Lipinski definition) is 4. The van der Waals surface area contributed by atoms with Gasteiger partial charge in [0, 0.05) is 28.5 Å². The van der Waals surface area contributed by atoms with Gasteiger partial charge < -0.3 is 10.5 Å². The quantitative estimate of drug-likeness (QED) is 0.792. The number of nitrogen functional groups attached to an aromatic ring is 1. The standard InChI is InChI=1S/C17H14ClN3O/c18-14-6-2-1-5-12(14)11-22-16-9-13(10-21-17(16)19)15-7-3-4-8-20-15/h1-10H,11H2,(H2,19,21). The lowest BCUT2D eigenvalue weighted by Crippen LogP contribution is -2.01. The van der Waals surface area contributed by atoms with Crippen molar-refractivity contribution in [3.8, 4) is 17.0 Å². The van der Waals surface area contributed by atoms with E-state index in [0.29, 0.717) is 23.2 Å². The van der Waals surface area contributed by atoms with Gasteiger partial charge in [-0.3, -0.25) is 4.98 Å². The van der Waals surface area contributed by atoms with Gasteiger partial charge in [0.2, 0.25) is 0 Å². The van der Waals surface area contributed by atoms with Gasteiger partial charge in [-0.05, 0) is 24.3 Å². The number of anilines is 1. The number of pyridine rings is 2. The molecule has 0 aliphatic rings. The maximum Gasteiger partial charge on any atom is 0.166 e. The largest absolute Gasteiger partial charge is 0.485 e. The van der Waals surface area contributed by atoms with Crippen molar-refractivity contribution in [2.45, 2.75) is 6.61 Å². The number of hydrogen-bond donors (Lipinski definition) is 1. The van der Waals surface area contributed by atoms with Crippen molar-refractivity contribution in [3.05, 3.63) is 71.5 Å². The smallest absolute Gasteiger partial charge is 0.166 e. The number of nitrogens with zero attached hydrogens (tertiary/aromatic N) is 2. The molecule has 4 nitrogen and oxygen atoms in total. The zero-order chi connectivity index (χ0) is 15.4. The average Bonchev–Trinajstić information content (AvgIpc) is 2.56. The summed E-state index contributed by atoms with van der Waals surface area (Å²) in [7, 11) is 0. The van der Waals surface area contributed by atoms with Gasteiger partial charge in [0.1, 0.15) is 6.61 Å². The molecule has 3 rings (SSSR count). The minimum atomic E-state index is 0.331. The Balaban J connectivity index is 1.83. The molecular formula is C17H14ClN3O. The monoisotopic (exact) mass is 311 g/mol. The zero-order valence-corrected chi connectivity index (χ0v) is 12.5. The van der Waals surface area contributed by atoms with Crippen LogP contribution < -0.4 is 10.5 Å². The van der Waals surface area contributed by atoms with Gasteiger partial charge in [-0.15, -0.1) is 0 Å². The summed E-state index contributed by atoms with van der Waals surface area (Å²) < 4.78 is 5.77. The van der Waals surface area contributed by atoms with Crippen molar-refractivity contribution >= 4 is 17.4 Å². The number of rotatable bonds is 4. The van der Waals surface area contributed by atoms with E-state index < -0.39 is 0 Å². The van der Waals surface area contributed by atoms with Crippen LogP contribution in [-0.4, -0.2) is 9.97 Å². The minimum Gasteiger partial charge on any atom is -0.485 e. The highest BCUT2D eigenvalue weighted by molar-refractivity contribution is 6.31. The van der Waals surface area contributed by atoms with Crippen molar-refractivity contribution < 1.29 is 4.74 Å². The Morgan fingerprint density at radius 2 is 1.86 bits per heavy atom. The van der Waals surface area contributed by atoms with Crippen molar-refractivity contribution in [1.82, 2.24) is 9.97 Å². The third kappa shape index (κ3) is 3.18. The summed E-state index contributed by atoms with van der Waals surface area (Å²) in [5, 5.41) is 0.662. The van der Waals surface area contributed by atoms with Gasteiger partial charge in [-0.1, -0.05) is 35.9 Å². The van der Waals surface area contributed by atoms with Crippen LogP contribution in [0.3, 0.4) is 0 Å². The number of benzene rings is 1. The molecule has 5 heteroatoms. The minimum absolute atomic E-state index is 0.331. The molecule has 0 saturated heterocycles. The highest BCUT2D eigenvalue weighted by Gasteiger charge is 2.08. The Hall–Kier alpha value is -2.59. The van der Waals surface area contributed by atoms with Crippen LogP contribution in [0, 0.1) is 0 Å². The highest BCUT2D eigenvalue weighted by atomic mass is 35.5. The van der Waals surface area contributed by atoms with E-state index in [0.717, 1.165) is 16.8 Å². The van der Waals surface area contributed by atoms with Gasteiger partial charge in [0.15, 0.2) is 11.6 Å². The lowest BCUT2D eigenvalue weighted by molar-refractivity contribution is 0.307. The van der Waals surface area contributed by atoms with Gasteiger partial charge in [-0.2, -0.15) is 0 Å². The molecule has 110 valence electrons. The van der Waals surface area contributed by atoms with E-state index in [4.69, 9.17) is 22.1 Å². The lowest BCUT2D eigenvalue weighted by Gasteiger charge is -2.11.